The van der Waals surface area contributed by atoms with E-state index >= 15 is 0 Å². The molecule has 5 atom stereocenters. The predicted octanol–water partition coefficient (Wildman–Crippen LogP) is 2.83. The molecule has 1 N–H and O–H groups in total. The highest BCUT2D eigenvalue weighted by molar-refractivity contribution is 5.85. The number of ether oxygens (including phenoxy) is 5. The van der Waals surface area contributed by atoms with Crippen molar-refractivity contribution in [1.82, 2.24) is 5.32 Å². The van der Waals surface area contributed by atoms with Gasteiger partial charge in [0.25, 0.3) is 0 Å². The summed E-state index contributed by atoms with van der Waals surface area (Å²) in [6.07, 6.45) is 3.93. The Kier molecular flexibility index (Phi) is 5.93. The van der Waals surface area contributed by atoms with Crippen molar-refractivity contribution in [3.05, 3.63) is 29.8 Å². The molecule has 4 aliphatic heterocycles. The van der Waals surface area contributed by atoms with Gasteiger partial charge in [0.1, 0.15) is 24.9 Å². The van der Waals surface area contributed by atoms with Gasteiger partial charge in [-0.2, -0.15) is 0 Å². The number of esters is 1. The van der Waals surface area contributed by atoms with Crippen LogP contribution in [0.1, 0.15) is 52.2 Å². The molecule has 0 unspecified atom stereocenters. The molecule has 4 aliphatic rings. The lowest BCUT2D eigenvalue weighted by atomic mass is 9.88. The predicted molar refractivity (Wildman–Crippen MR) is 123 cm³/mol. The molecule has 0 aromatic heterocycles. The van der Waals surface area contributed by atoms with E-state index in [2.05, 4.69) is 10.2 Å². The first-order chi connectivity index (χ1) is 16.3. The molecule has 34 heavy (non-hydrogen) atoms. The Morgan fingerprint density at radius 1 is 1.12 bits per heavy atom. The molecular formula is C25H32N2O7. The van der Waals surface area contributed by atoms with Crippen LogP contribution in [0.5, 0.6) is 11.5 Å². The minimum Gasteiger partial charge on any atom is -0.460 e. The molecule has 0 radical (unpaired) electrons. The van der Waals surface area contributed by atoms with E-state index in [4.69, 9.17) is 23.7 Å². The number of anilines is 1. The fourth-order valence-corrected chi connectivity index (χ4v) is 5.12. The number of hydrogen-bond acceptors (Lipinski definition) is 8. The number of rotatable bonds is 2. The molecule has 0 saturated carbocycles. The normalized spacial score (nSPS) is 31.7. The van der Waals surface area contributed by atoms with Crippen LogP contribution < -0.4 is 19.7 Å². The lowest BCUT2D eigenvalue weighted by molar-refractivity contribution is -0.149. The number of nitrogens with zero attached hydrogens (tertiary/aromatic N) is 1. The Morgan fingerprint density at radius 3 is 2.65 bits per heavy atom. The largest absolute Gasteiger partial charge is 0.460 e. The molecule has 1 amide bonds. The Labute approximate surface area is 199 Å². The molecule has 4 heterocycles. The number of nitrogens with one attached hydrogen (secondary N) is 1. The third kappa shape index (κ3) is 4.11. The van der Waals surface area contributed by atoms with Crippen molar-refractivity contribution in [2.75, 3.05) is 24.8 Å². The molecule has 0 spiro atoms. The zero-order valence-electron chi connectivity index (χ0n) is 20.0. The van der Waals surface area contributed by atoms with Gasteiger partial charge in [-0.15, -0.1) is 0 Å². The summed E-state index contributed by atoms with van der Waals surface area (Å²) < 4.78 is 29.4. The minimum absolute atomic E-state index is 0.0518. The van der Waals surface area contributed by atoms with Gasteiger partial charge < -0.3 is 33.9 Å². The lowest BCUT2D eigenvalue weighted by Crippen LogP contribution is -2.54. The summed E-state index contributed by atoms with van der Waals surface area (Å²) in [6, 6.07) is 2.90. The Morgan fingerprint density at radius 2 is 1.88 bits per heavy atom. The quantitative estimate of drug-likeness (QED) is 0.519. The number of hydrogen-bond donors (Lipinski definition) is 1. The van der Waals surface area contributed by atoms with Gasteiger partial charge in [-0.25, -0.2) is 4.79 Å². The zero-order chi connectivity index (χ0) is 24.0. The van der Waals surface area contributed by atoms with Crippen LogP contribution in [-0.4, -0.2) is 55.8 Å². The Balaban J connectivity index is 1.55. The SMILES string of the molecule is CC[C@H](C)[C@@H]1NC(=O)C[C@H]2[C@@H]3OC(C)(C)O[C@H]3c3cc4c(cc3N2C/C=C\COC1=O)OCO4. The third-order valence-corrected chi connectivity index (χ3v) is 7.02. The fourth-order valence-electron chi connectivity index (χ4n) is 5.12. The number of amides is 1. The number of fused-ring (bicyclic) bond motifs is 7. The Bertz CT molecular complexity index is 1010. The minimum atomic E-state index is -0.807. The summed E-state index contributed by atoms with van der Waals surface area (Å²) in [4.78, 5) is 28.1. The van der Waals surface area contributed by atoms with Crippen LogP contribution >= 0.6 is 0 Å². The average Bonchev–Trinajstić information content (AvgIpc) is 3.38. The van der Waals surface area contributed by atoms with E-state index in [1.165, 1.54) is 0 Å². The highest BCUT2D eigenvalue weighted by Crippen LogP contribution is 2.52. The molecule has 0 bridgehead atoms. The van der Waals surface area contributed by atoms with Crippen LogP contribution in [0.3, 0.4) is 0 Å². The molecule has 9 heteroatoms. The van der Waals surface area contributed by atoms with Gasteiger partial charge in [-0.05, 0) is 31.9 Å². The van der Waals surface area contributed by atoms with Crippen LogP contribution in [-0.2, 0) is 23.8 Å². The summed E-state index contributed by atoms with van der Waals surface area (Å²) in [5, 5.41) is 2.93. The first-order valence-electron chi connectivity index (χ1n) is 11.9. The van der Waals surface area contributed by atoms with Crippen molar-refractivity contribution in [2.45, 2.75) is 70.6 Å². The maximum Gasteiger partial charge on any atom is 0.329 e. The number of cyclic esters (lactones) is 1. The second kappa shape index (κ2) is 8.78. The van der Waals surface area contributed by atoms with Crippen LogP contribution in [0.25, 0.3) is 0 Å². The van der Waals surface area contributed by atoms with Gasteiger partial charge in [0.05, 0.1) is 6.04 Å². The molecule has 184 valence electrons. The first-order valence-corrected chi connectivity index (χ1v) is 11.9. The molecule has 5 rings (SSSR count). The topological polar surface area (TPSA) is 95.6 Å². The molecule has 1 aromatic rings. The number of carbonyl (C=O) groups excluding carboxylic acids is 2. The van der Waals surface area contributed by atoms with Gasteiger partial charge in [-0.1, -0.05) is 26.3 Å². The first kappa shape index (κ1) is 23.0. The van der Waals surface area contributed by atoms with Gasteiger partial charge in [-0.3, -0.25) is 4.79 Å². The second-order valence-corrected chi connectivity index (χ2v) is 9.74. The maximum absolute atomic E-state index is 13.3. The van der Waals surface area contributed by atoms with Crippen LogP contribution in [0.15, 0.2) is 24.3 Å². The highest BCUT2D eigenvalue weighted by Gasteiger charge is 2.52. The summed E-state index contributed by atoms with van der Waals surface area (Å²) >= 11 is 0. The smallest absolute Gasteiger partial charge is 0.329 e. The molecule has 9 nitrogen and oxygen atoms in total. The van der Waals surface area contributed by atoms with Crippen molar-refractivity contribution >= 4 is 17.6 Å². The van der Waals surface area contributed by atoms with E-state index < -0.39 is 17.8 Å². The molecule has 0 aliphatic carbocycles. The van der Waals surface area contributed by atoms with Gasteiger partial charge in [0, 0.05) is 30.3 Å². The maximum atomic E-state index is 13.3. The molecular weight excluding hydrogens is 440 g/mol. The van der Waals surface area contributed by atoms with E-state index in [1.54, 1.807) is 0 Å². The monoisotopic (exact) mass is 472 g/mol. The third-order valence-electron chi connectivity index (χ3n) is 7.02. The zero-order valence-corrected chi connectivity index (χ0v) is 20.0. The standard InChI is InChI=1S/C25H32N2O7/c1-5-14(2)21-24(29)30-9-7-6-8-27-16-11-19-18(31-13-32-19)10-15(16)22-23(34-25(3,4)33-22)17(27)12-20(28)26-21/h6-7,10-11,14,17,21-23H,5,8-9,12-13H2,1-4H3,(H,26,28)/b7-6-/t14-,17-,21-,22-,23-/m0/s1. The molecule has 1 saturated heterocycles. The summed E-state index contributed by atoms with van der Waals surface area (Å²) in [7, 11) is 0. The highest BCUT2D eigenvalue weighted by atomic mass is 16.8. The van der Waals surface area contributed by atoms with Gasteiger partial charge >= 0.3 is 5.97 Å². The summed E-state index contributed by atoms with van der Waals surface area (Å²) in [6.45, 7) is 8.51. The van der Waals surface area contributed by atoms with Crippen molar-refractivity contribution in [2.24, 2.45) is 5.92 Å². The van der Waals surface area contributed by atoms with Crippen LogP contribution in [0.2, 0.25) is 0 Å². The summed E-state index contributed by atoms with van der Waals surface area (Å²) in [5.41, 5.74) is 1.86. The number of benzene rings is 1. The second-order valence-electron chi connectivity index (χ2n) is 9.74. The Hall–Kier alpha value is -2.78. The van der Waals surface area contributed by atoms with Crippen molar-refractivity contribution in [3.63, 3.8) is 0 Å². The van der Waals surface area contributed by atoms with E-state index in [0.29, 0.717) is 18.0 Å². The summed E-state index contributed by atoms with van der Waals surface area (Å²) in [5.74, 6) is -0.152. The lowest BCUT2D eigenvalue weighted by Gasteiger charge is -2.43. The van der Waals surface area contributed by atoms with Gasteiger partial charge in [0.2, 0.25) is 12.7 Å². The van der Waals surface area contributed by atoms with E-state index in [0.717, 1.165) is 17.7 Å². The van der Waals surface area contributed by atoms with E-state index in [-0.39, 0.29) is 49.9 Å². The van der Waals surface area contributed by atoms with Gasteiger partial charge in [0.15, 0.2) is 17.3 Å². The fraction of sp³-hybridized carbons (Fsp3) is 0.600. The van der Waals surface area contributed by atoms with Crippen LogP contribution in [0, 0.1) is 5.92 Å². The number of carbonyl (C=O) groups is 2. The van der Waals surface area contributed by atoms with Crippen molar-refractivity contribution in [3.8, 4) is 11.5 Å². The van der Waals surface area contributed by atoms with Crippen LogP contribution in [0.4, 0.5) is 5.69 Å². The van der Waals surface area contributed by atoms with E-state index in [9.17, 15) is 9.59 Å². The van der Waals surface area contributed by atoms with Crippen molar-refractivity contribution < 1.29 is 33.3 Å². The average molecular weight is 473 g/mol. The van der Waals surface area contributed by atoms with Crippen molar-refractivity contribution in [1.29, 1.82) is 0 Å². The van der Waals surface area contributed by atoms with E-state index in [1.807, 2.05) is 52.0 Å². The molecule has 1 fully saturated rings. The molecule has 1 aromatic carbocycles.